The third-order valence-corrected chi connectivity index (χ3v) is 4.32. The van der Waals surface area contributed by atoms with E-state index in [1.165, 1.54) is 37.7 Å². The maximum absolute atomic E-state index is 5.59. The summed E-state index contributed by atoms with van der Waals surface area (Å²) in [6.07, 6.45) is 6.63. The molecular weight excluding hydrogens is 250 g/mol. The van der Waals surface area contributed by atoms with Gasteiger partial charge in [-0.25, -0.2) is 0 Å². The van der Waals surface area contributed by atoms with Crippen molar-refractivity contribution >= 4 is 0 Å². The largest absolute Gasteiger partial charge is 0.496 e. The molecule has 1 aliphatic carbocycles. The van der Waals surface area contributed by atoms with Crippen molar-refractivity contribution in [3.8, 4) is 11.5 Å². The average Bonchev–Trinajstić information content (AvgIpc) is 2.52. The Morgan fingerprint density at radius 2 is 1.70 bits per heavy atom. The first-order valence-electron chi connectivity index (χ1n) is 7.76. The van der Waals surface area contributed by atoms with Crippen LogP contribution in [0.1, 0.15) is 50.6 Å². The van der Waals surface area contributed by atoms with E-state index in [-0.39, 0.29) is 0 Å². The molecule has 20 heavy (non-hydrogen) atoms. The van der Waals surface area contributed by atoms with E-state index < -0.39 is 0 Å². The van der Waals surface area contributed by atoms with Crippen LogP contribution >= 0.6 is 0 Å². The third kappa shape index (κ3) is 3.26. The van der Waals surface area contributed by atoms with Gasteiger partial charge in [-0.05, 0) is 37.4 Å². The quantitative estimate of drug-likeness (QED) is 0.854. The molecular formula is C17H27NO2. The molecule has 1 saturated carbocycles. The van der Waals surface area contributed by atoms with Gasteiger partial charge in [0, 0.05) is 6.04 Å². The lowest BCUT2D eigenvalue weighted by Crippen LogP contribution is -2.30. The number of hydrogen-bond donors (Lipinski definition) is 1. The van der Waals surface area contributed by atoms with Crippen LogP contribution in [-0.4, -0.2) is 20.8 Å². The highest BCUT2D eigenvalue weighted by molar-refractivity contribution is 5.47. The summed E-state index contributed by atoms with van der Waals surface area (Å²) in [6.45, 7) is 3.13. The molecule has 0 saturated heterocycles. The highest BCUT2D eigenvalue weighted by atomic mass is 16.5. The molecule has 0 heterocycles. The summed E-state index contributed by atoms with van der Waals surface area (Å²) in [7, 11) is 3.48. The first kappa shape index (κ1) is 15.2. The second-order valence-corrected chi connectivity index (χ2v) is 5.51. The predicted molar refractivity (Wildman–Crippen MR) is 82.5 cm³/mol. The van der Waals surface area contributed by atoms with Gasteiger partial charge in [0.25, 0.3) is 0 Å². The van der Waals surface area contributed by atoms with Crippen molar-refractivity contribution in [3.05, 3.63) is 23.8 Å². The van der Waals surface area contributed by atoms with Gasteiger partial charge in [0.15, 0.2) is 0 Å². The lowest BCUT2D eigenvalue weighted by Gasteiger charge is -2.32. The number of methoxy groups -OCH3 is 2. The van der Waals surface area contributed by atoms with E-state index in [1.807, 2.05) is 18.2 Å². The normalized spacial score (nSPS) is 17.8. The molecule has 0 bridgehead atoms. The van der Waals surface area contributed by atoms with Gasteiger partial charge in [-0.15, -0.1) is 0 Å². The molecule has 1 atom stereocenters. The van der Waals surface area contributed by atoms with Crippen LogP contribution in [0.3, 0.4) is 0 Å². The van der Waals surface area contributed by atoms with Crippen molar-refractivity contribution in [2.24, 2.45) is 5.92 Å². The fraction of sp³-hybridized carbons (Fsp3) is 0.647. The second-order valence-electron chi connectivity index (χ2n) is 5.51. The van der Waals surface area contributed by atoms with Gasteiger partial charge in [0.1, 0.15) is 11.5 Å². The number of benzene rings is 1. The maximum atomic E-state index is 5.59. The van der Waals surface area contributed by atoms with Gasteiger partial charge in [0.2, 0.25) is 0 Å². The van der Waals surface area contributed by atoms with E-state index >= 15 is 0 Å². The Morgan fingerprint density at radius 3 is 2.20 bits per heavy atom. The summed E-state index contributed by atoms with van der Waals surface area (Å²) in [5.74, 6) is 2.54. The minimum Gasteiger partial charge on any atom is -0.496 e. The van der Waals surface area contributed by atoms with Gasteiger partial charge in [-0.1, -0.05) is 32.3 Å². The van der Waals surface area contributed by atoms with Crippen LogP contribution in [0.4, 0.5) is 0 Å². The number of ether oxygens (including phenoxy) is 2. The van der Waals surface area contributed by atoms with E-state index in [2.05, 4.69) is 12.2 Å². The van der Waals surface area contributed by atoms with Gasteiger partial charge in [-0.2, -0.15) is 0 Å². The van der Waals surface area contributed by atoms with E-state index in [4.69, 9.17) is 9.47 Å². The molecule has 1 unspecified atom stereocenters. The van der Waals surface area contributed by atoms with Crippen molar-refractivity contribution in [1.82, 2.24) is 5.32 Å². The molecule has 1 aliphatic rings. The number of hydrogen-bond acceptors (Lipinski definition) is 3. The van der Waals surface area contributed by atoms with Crippen molar-refractivity contribution in [2.45, 2.75) is 45.1 Å². The Balaban J connectivity index is 2.36. The topological polar surface area (TPSA) is 30.5 Å². The monoisotopic (exact) mass is 277 g/mol. The van der Waals surface area contributed by atoms with E-state index in [1.54, 1.807) is 14.2 Å². The van der Waals surface area contributed by atoms with Crippen LogP contribution in [0.15, 0.2) is 18.2 Å². The number of rotatable bonds is 6. The molecule has 3 nitrogen and oxygen atoms in total. The molecule has 0 aromatic heterocycles. The smallest absolute Gasteiger partial charge is 0.127 e. The molecule has 0 spiro atoms. The van der Waals surface area contributed by atoms with E-state index in [0.29, 0.717) is 12.0 Å². The molecule has 1 N–H and O–H groups in total. The highest BCUT2D eigenvalue weighted by Gasteiger charge is 2.29. The molecule has 3 heteroatoms. The van der Waals surface area contributed by atoms with Gasteiger partial charge in [-0.3, -0.25) is 0 Å². The second kappa shape index (κ2) is 7.53. The summed E-state index contributed by atoms with van der Waals surface area (Å²) in [5.41, 5.74) is 1.19. The van der Waals surface area contributed by atoms with E-state index in [0.717, 1.165) is 18.0 Å². The Morgan fingerprint density at radius 1 is 1.10 bits per heavy atom. The molecule has 112 valence electrons. The van der Waals surface area contributed by atoms with Crippen LogP contribution in [0.5, 0.6) is 11.5 Å². The average molecular weight is 277 g/mol. The Bertz CT molecular complexity index is 391. The predicted octanol–water partition coefficient (Wildman–Crippen LogP) is 3.93. The fourth-order valence-electron chi connectivity index (χ4n) is 3.38. The van der Waals surface area contributed by atoms with Gasteiger partial charge in [0.05, 0.1) is 19.8 Å². The number of nitrogens with one attached hydrogen (secondary N) is 1. The van der Waals surface area contributed by atoms with Crippen molar-refractivity contribution in [2.75, 3.05) is 20.8 Å². The van der Waals surface area contributed by atoms with Crippen LogP contribution in [0.2, 0.25) is 0 Å². The van der Waals surface area contributed by atoms with Gasteiger partial charge >= 0.3 is 0 Å². The van der Waals surface area contributed by atoms with Crippen LogP contribution in [0.25, 0.3) is 0 Å². The Kier molecular flexibility index (Phi) is 5.72. The molecule has 2 rings (SSSR count). The summed E-state index contributed by atoms with van der Waals surface area (Å²) < 4.78 is 11.2. The van der Waals surface area contributed by atoms with Crippen molar-refractivity contribution in [3.63, 3.8) is 0 Å². The van der Waals surface area contributed by atoms with Gasteiger partial charge < -0.3 is 14.8 Å². The van der Waals surface area contributed by atoms with Crippen LogP contribution in [-0.2, 0) is 0 Å². The first-order chi connectivity index (χ1) is 9.81. The SMILES string of the molecule is CCNC(c1c(OC)cccc1OC)C1CCCCC1. The minimum absolute atomic E-state index is 0.325. The molecule has 0 radical (unpaired) electrons. The maximum Gasteiger partial charge on any atom is 0.127 e. The third-order valence-electron chi connectivity index (χ3n) is 4.32. The Labute approximate surface area is 122 Å². The zero-order valence-electron chi connectivity index (χ0n) is 12.9. The van der Waals surface area contributed by atoms with Crippen molar-refractivity contribution < 1.29 is 9.47 Å². The zero-order valence-corrected chi connectivity index (χ0v) is 12.9. The zero-order chi connectivity index (χ0) is 14.4. The summed E-state index contributed by atoms with van der Waals surface area (Å²) in [6, 6.07) is 6.38. The van der Waals surface area contributed by atoms with Crippen LogP contribution < -0.4 is 14.8 Å². The summed E-state index contributed by atoms with van der Waals surface area (Å²) >= 11 is 0. The Hall–Kier alpha value is -1.22. The highest BCUT2D eigenvalue weighted by Crippen LogP contribution is 2.42. The molecule has 1 aromatic carbocycles. The lowest BCUT2D eigenvalue weighted by molar-refractivity contribution is 0.261. The molecule has 0 amide bonds. The van der Waals surface area contributed by atoms with E-state index in [9.17, 15) is 0 Å². The first-order valence-corrected chi connectivity index (χ1v) is 7.76. The van der Waals surface area contributed by atoms with Crippen LogP contribution in [0, 0.1) is 5.92 Å². The fourth-order valence-corrected chi connectivity index (χ4v) is 3.38. The summed E-state index contributed by atoms with van der Waals surface area (Å²) in [5, 5.41) is 3.66. The molecule has 0 aliphatic heterocycles. The van der Waals surface area contributed by atoms with Crippen molar-refractivity contribution in [1.29, 1.82) is 0 Å². The standard InChI is InChI=1S/C17H27NO2/c1-4-18-17(13-9-6-5-7-10-13)16-14(19-2)11-8-12-15(16)20-3/h8,11-13,17-18H,4-7,9-10H2,1-3H3. The molecule has 1 fully saturated rings. The molecule has 1 aromatic rings. The summed E-state index contributed by atoms with van der Waals surface area (Å²) in [4.78, 5) is 0. The lowest BCUT2D eigenvalue weighted by atomic mass is 9.80. The minimum atomic E-state index is 0.325.